The summed E-state index contributed by atoms with van der Waals surface area (Å²) < 4.78 is 13.7. The van der Waals surface area contributed by atoms with Crippen molar-refractivity contribution >= 4 is 17.1 Å². The van der Waals surface area contributed by atoms with Crippen LogP contribution in [0.2, 0.25) is 0 Å². The third kappa shape index (κ3) is 2.52. The highest BCUT2D eigenvalue weighted by Crippen LogP contribution is 2.37. The average Bonchev–Trinajstić information content (AvgIpc) is 2.73. The monoisotopic (exact) mass is 289 g/mol. The highest BCUT2D eigenvalue weighted by atomic mass is 32.1. The number of aromatic nitrogens is 1. The summed E-state index contributed by atoms with van der Waals surface area (Å²) in [6, 6.07) is 6.72. The Morgan fingerprint density at radius 1 is 1.30 bits per heavy atom. The lowest BCUT2D eigenvalue weighted by atomic mass is 9.78. The molecule has 0 N–H and O–H groups in total. The highest BCUT2D eigenvalue weighted by Gasteiger charge is 2.33. The van der Waals surface area contributed by atoms with E-state index in [-0.39, 0.29) is 17.0 Å². The number of rotatable bonds is 2. The molecule has 4 heteroatoms. The zero-order chi connectivity index (χ0) is 14.3. The first kappa shape index (κ1) is 13.4. The number of Topliss-reactive ketones (excluding diaryl/α,β-unsaturated/α-hetero) is 1. The molecule has 20 heavy (non-hydrogen) atoms. The van der Waals surface area contributed by atoms with Crippen molar-refractivity contribution in [1.29, 1.82) is 0 Å². The van der Waals surface area contributed by atoms with Gasteiger partial charge in [-0.05, 0) is 23.5 Å². The Bertz CT molecular complexity index is 675. The Morgan fingerprint density at radius 3 is 2.80 bits per heavy atom. The molecule has 2 nitrogen and oxygen atoms in total. The predicted molar refractivity (Wildman–Crippen MR) is 77.8 cm³/mol. The number of ketones is 1. The fourth-order valence-corrected chi connectivity index (χ4v) is 3.69. The van der Waals surface area contributed by atoms with Gasteiger partial charge in [0.15, 0.2) is 5.78 Å². The molecule has 2 aromatic rings. The van der Waals surface area contributed by atoms with Crippen molar-refractivity contribution in [3.05, 3.63) is 51.2 Å². The fraction of sp³-hybridized carbons (Fsp3) is 0.375. The van der Waals surface area contributed by atoms with Gasteiger partial charge in [-0.1, -0.05) is 32.0 Å². The summed E-state index contributed by atoms with van der Waals surface area (Å²) in [7, 11) is 0. The molecule has 0 aliphatic heterocycles. The van der Waals surface area contributed by atoms with Crippen molar-refractivity contribution in [1.82, 2.24) is 4.98 Å². The van der Waals surface area contributed by atoms with Gasteiger partial charge in [0, 0.05) is 12.8 Å². The van der Waals surface area contributed by atoms with Crippen LogP contribution in [0.5, 0.6) is 0 Å². The number of hydrogen-bond acceptors (Lipinski definition) is 3. The number of fused-ring (bicyclic) bond motifs is 1. The molecule has 0 unspecified atom stereocenters. The minimum atomic E-state index is -0.215. The van der Waals surface area contributed by atoms with Crippen molar-refractivity contribution in [3.63, 3.8) is 0 Å². The van der Waals surface area contributed by atoms with Crippen LogP contribution in [0.4, 0.5) is 4.39 Å². The second kappa shape index (κ2) is 4.77. The van der Waals surface area contributed by atoms with Gasteiger partial charge in [-0.3, -0.25) is 4.79 Å². The quantitative estimate of drug-likeness (QED) is 0.835. The first-order valence-electron chi connectivity index (χ1n) is 6.70. The van der Waals surface area contributed by atoms with Crippen LogP contribution in [0, 0.1) is 11.2 Å². The molecule has 1 aromatic carbocycles. The Balaban J connectivity index is 1.91. The number of carbonyl (C=O) groups is 1. The van der Waals surface area contributed by atoms with Crippen LogP contribution in [0.15, 0.2) is 24.3 Å². The van der Waals surface area contributed by atoms with Crippen molar-refractivity contribution in [2.45, 2.75) is 33.1 Å². The van der Waals surface area contributed by atoms with Gasteiger partial charge in [-0.25, -0.2) is 9.37 Å². The van der Waals surface area contributed by atoms with Crippen molar-refractivity contribution in [2.24, 2.45) is 5.41 Å². The highest BCUT2D eigenvalue weighted by molar-refractivity contribution is 7.13. The number of carbonyl (C=O) groups excluding carboxylic acids is 1. The van der Waals surface area contributed by atoms with Crippen molar-refractivity contribution in [3.8, 4) is 0 Å². The molecule has 0 atom stereocenters. The van der Waals surface area contributed by atoms with Gasteiger partial charge >= 0.3 is 0 Å². The van der Waals surface area contributed by atoms with E-state index < -0.39 is 0 Å². The first-order valence-corrected chi connectivity index (χ1v) is 7.51. The standard InChI is InChI=1S/C16H16FNOS/c1-16(2)8-12-15(13(19)9-16)20-14(18-12)7-10-5-3-4-6-11(10)17/h3-6H,7-9H2,1-2H3. The lowest BCUT2D eigenvalue weighted by Crippen LogP contribution is -2.26. The van der Waals surface area contributed by atoms with E-state index in [0.717, 1.165) is 22.0 Å². The third-order valence-corrected chi connectivity index (χ3v) is 4.72. The van der Waals surface area contributed by atoms with E-state index in [9.17, 15) is 9.18 Å². The van der Waals surface area contributed by atoms with Gasteiger partial charge in [0.2, 0.25) is 0 Å². The van der Waals surface area contributed by atoms with Crippen LogP contribution in [-0.4, -0.2) is 10.8 Å². The van der Waals surface area contributed by atoms with Crippen molar-refractivity contribution < 1.29 is 9.18 Å². The van der Waals surface area contributed by atoms with E-state index in [4.69, 9.17) is 0 Å². The Kier molecular flexibility index (Phi) is 3.21. The largest absolute Gasteiger partial charge is 0.293 e. The topological polar surface area (TPSA) is 30.0 Å². The maximum atomic E-state index is 13.7. The molecule has 0 radical (unpaired) electrons. The zero-order valence-corrected chi connectivity index (χ0v) is 12.4. The van der Waals surface area contributed by atoms with E-state index in [1.165, 1.54) is 17.4 Å². The smallest absolute Gasteiger partial charge is 0.175 e. The Hall–Kier alpha value is -1.55. The summed E-state index contributed by atoms with van der Waals surface area (Å²) in [6.45, 7) is 4.17. The molecule has 0 spiro atoms. The van der Waals surface area contributed by atoms with Gasteiger partial charge in [0.1, 0.15) is 5.82 Å². The maximum absolute atomic E-state index is 13.7. The molecule has 1 aromatic heterocycles. The van der Waals surface area contributed by atoms with Crippen LogP contribution in [-0.2, 0) is 12.8 Å². The molecule has 1 aliphatic rings. The number of nitrogens with zero attached hydrogens (tertiary/aromatic N) is 1. The number of benzene rings is 1. The summed E-state index contributed by atoms with van der Waals surface area (Å²) in [5, 5.41) is 0.825. The third-order valence-electron chi connectivity index (χ3n) is 3.58. The van der Waals surface area contributed by atoms with Gasteiger partial charge in [0.25, 0.3) is 0 Å². The summed E-state index contributed by atoms with van der Waals surface area (Å²) in [6.07, 6.45) is 1.85. The van der Waals surface area contributed by atoms with Crippen molar-refractivity contribution in [2.75, 3.05) is 0 Å². The average molecular weight is 289 g/mol. The summed E-state index contributed by atoms with van der Waals surface area (Å²) >= 11 is 1.42. The lowest BCUT2D eigenvalue weighted by Gasteiger charge is -2.26. The molecular weight excluding hydrogens is 273 g/mol. The molecule has 0 saturated carbocycles. The van der Waals surface area contributed by atoms with Gasteiger partial charge in [-0.15, -0.1) is 11.3 Å². The number of thiazole rings is 1. The molecule has 0 saturated heterocycles. The van der Waals surface area contributed by atoms with E-state index in [0.29, 0.717) is 18.4 Å². The summed E-state index contributed by atoms with van der Waals surface area (Å²) in [5.74, 6) is -0.0409. The fourth-order valence-electron chi connectivity index (χ4n) is 2.65. The normalized spacial score (nSPS) is 17.1. The SMILES string of the molecule is CC1(C)CC(=O)c2sc(Cc3ccccc3F)nc2C1. The maximum Gasteiger partial charge on any atom is 0.175 e. The molecule has 0 bridgehead atoms. The number of halogens is 1. The minimum absolute atomic E-state index is 0.0204. The first-order chi connectivity index (χ1) is 9.44. The van der Waals surface area contributed by atoms with Crippen LogP contribution < -0.4 is 0 Å². The van der Waals surface area contributed by atoms with E-state index in [1.807, 2.05) is 6.07 Å². The van der Waals surface area contributed by atoms with Gasteiger partial charge in [-0.2, -0.15) is 0 Å². The van der Waals surface area contributed by atoms with E-state index >= 15 is 0 Å². The van der Waals surface area contributed by atoms with E-state index in [1.54, 1.807) is 12.1 Å². The minimum Gasteiger partial charge on any atom is -0.293 e. The molecule has 3 rings (SSSR count). The molecule has 1 heterocycles. The Morgan fingerprint density at radius 2 is 2.05 bits per heavy atom. The molecule has 0 fully saturated rings. The predicted octanol–water partition coefficient (Wildman–Crippen LogP) is 4.03. The second-order valence-electron chi connectivity index (χ2n) is 6.09. The van der Waals surface area contributed by atoms with Gasteiger partial charge < -0.3 is 0 Å². The summed E-state index contributed by atoms with van der Waals surface area (Å²) in [5.41, 5.74) is 1.50. The van der Waals surface area contributed by atoms with Crippen LogP contribution in [0.25, 0.3) is 0 Å². The van der Waals surface area contributed by atoms with Crippen LogP contribution in [0.1, 0.15) is 46.2 Å². The summed E-state index contributed by atoms with van der Waals surface area (Å²) in [4.78, 5) is 17.5. The molecule has 1 aliphatic carbocycles. The zero-order valence-electron chi connectivity index (χ0n) is 11.6. The van der Waals surface area contributed by atoms with Gasteiger partial charge in [0.05, 0.1) is 15.6 Å². The lowest BCUT2D eigenvalue weighted by molar-refractivity contribution is 0.0916. The molecule has 0 amide bonds. The second-order valence-corrected chi connectivity index (χ2v) is 7.18. The van der Waals surface area contributed by atoms with Crippen LogP contribution >= 0.6 is 11.3 Å². The van der Waals surface area contributed by atoms with Crippen LogP contribution in [0.3, 0.4) is 0 Å². The molecular formula is C16H16FNOS. The molecule has 104 valence electrons. The van der Waals surface area contributed by atoms with E-state index in [2.05, 4.69) is 18.8 Å². The Labute approximate surface area is 121 Å². The number of hydrogen-bond donors (Lipinski definition) is 0.